The monoisotopic (exact) mass is 266 g/mol. The summed E-state index contributed by atoms with van der Waals surface area (Å²) in [5.74, 6) is -0.00198. The molecule has 2 N–H and O–H groups in total. The molecule has 3 nitrogen and oxygen atoms in total. The van der Waals surface area contributed by atoms with Gasteiger partial charge < -0.3 is 10.6 Å². The molecule has 1 amide bonds. The van der Waals surface area contributed by atoms with Gasteiger partial charge in [-0.1, -0.05) is 18.0 Å². The van der Waals surface area contributed by atoms with E-state index in [-0.39, 0.29) is 11.9 Å². The van der Waals surface area contributed by atoms with Gasteiger partial charge in [0.05, 0.1) is 0 Å². The van der Waals surface area contributed by atoms with E-state index in [1.807, 2.05) is 13.0 Å². The fraction of sp³-hybridized carbons (Fsp3) is 0.500. The SMILES string of the molecule is Cc1cc(Cl)ccc1C(=O)NC1CCCCNC1. The van der Waals surface area contributed by atoms with Gasteiger partial charge in [0, 0.05) is 23.2 Å². The van der Waals surface area contributed by atoms with Crippen LogP contribution in [0.25, 0.3) is 0 Å². The van der Waals surface area contributed by atoms with Crippen molar-refractivity contribution in [1.29, 1.82) is 0 Å². The maximum atomic E-state index is 12.2. The Morgan fingerprint density at radius 3 is 3.06 bits per heavy atom. The number of halogens is 1. The van der Waals surface area contributed by atoms with E-state index in [4.69, 9.17) is 11.6 Å². The number of hydrogen-bond donors (Lipinski definition) is 2. The van der Waals surface area contributed by atoms with Gasteiger partial charge in [0.25, 0.3) is 5.91 Å². The van der Waals surface area contributed by atoms with Gasteiger partial charge in [0.2, 0.25) is 0 Å². The van der Waals surface area contributed by atoms with Crippen molar-refractivity contribution in [2.45, 2.75) is 32.2 Å². The highest BCUT2D eigenvalue weighted by Gasteiger charge is 2.16. The van der Waals surface area contributed by atoms with Gasteiger partial charge in [-0.2, -0.15) is 0 Å². The molecule has 98 valence electrons. The molecule has 1 aliphatic heterocycles. The largest absolute Gasteiger partial charge is 0.348 e. The standard InChI is InChI=1S/C14H19ClN2O/c1-10-8-11(15)5-6-13(10)14(18)17-12-4-2-3-7-16-9-12/h5-6,8,12,16H,2-4,7,9H2,1H3,(H,17,18). The highest BCUT2D eigenvalue weighted by Crippen LogP contribution is 2.15. The highest BCUT2D eigenvalue weighted by molar-refractivity contribution is 6.30. The van der Waals surface area contributed by atoms with Crippen molar-refractivity contribution in [3.05, 3.63) is 34.3 Å². The van der Waals surface area contributed by atoms with Crippen molar-refractivity contribution in [3.63, 3.8) is 0 Å². The summed E-state index contributed by atoms with van der Waals surface area (Å²) in [6.45, 7) is 3.82. The Morgan fingerprint density at radius 1 is 1.44 bits per heavy atom. The fourth-order valence-corrected chi connectivity index (χ4v) is 2.51. The number of carbonyl (C=O) groups is 1. The fourth-order valence-electron chi connectivity index (χ4n) is 2.29. The molecule has 1 aliphatic rings. The first kappa shape index (κ1) is 13.4. The lowest BCUT2D eigenvalue weighted by atomic mass is 10.1. The lowest BCUT2D eigenvalue weighted by molar-refractivity contribution is 0.0935. The van der Waals surface area contributed by atoms with E-state index in [1.165, 1.54) is 6.42 Å². The summed E-state index contributed by atoms with van der Waals surface area (Å²) >= 11 is 5.89. The first-order valence-corrected chi connectivity index (χ1v) is 6.82. The number of amides is 1. The van der Waals surface area contributed by atoms with Crippen LogP contribution in [0.15, 0.2) is 18.2 Å². The Hall–Kier alpha value is -1.06. The molecule has 1 heterocycles. The van der Waals surface area contributed by atoms with Gasteiger partial charge in [0.1, 0.15) is 0 Å². The first-order valence-electron chi connectivity index (χ1n) is 6.44. The molecule has 1 aromatic rings. The van der Waals surface area contributed by atoms with Gasteiger partial charge in [-0.05, 0) is 50.1 Å². The van der Waals surface area contributed by atoms with Crippen LogP contribution in [-0.2, 0) is 0 Å². The van der Waals surface area contributed by atoms with Crippen LogP contribution in [0.1, 0.15) is 35.2 Å². The first-order chi connectivity index (χ1) is 8.66. The second-order valence-electron chi connectivity index (χ2n) is 4.83. The zero-order chi connectivity index (χ0) is 13.0. The topological polar surface area (TPSA) is 41.1 Å². The number of carbonyl (C=O) groups excluding carboxylic acids is 1. The summed E-state index contributed by atoms with van der Waals surface area (Å²) < 4.78 is 0. The van der Waals surface area contributed by atoms with E-state index in [1.54, 1.807) is 12.1 Å². The Balaban J connectivity index is 2.02. The second-order valence-corrected chi connectivity index (χ2v) is 5.27. The van der Waals surface area contributed by atoms with Gasteiger partial charge in [0.15, 0.2) is 0 Å². The minimum atomic E-state index is -0.00198. The zero-order valence-corrected chi connectivity index (χ0v) is 11.4. The quantitative estimate of drug-likeness (QED) is 0.864. The molecule has 1 fully saturated rings. The minimum absolute atomic E-state index is 0.00198. The predicted octanol–water partition coefficient (Wildman–Crippen LogP) is 2.52. The van der Waals surface area contributed by atoms with Gasteiger partial charge >= 0.3 is 0 Å². The third-order valence-corrected chi connectivity index (χ3v) is 3.55. The van der Waals surface area contributed by atoms with Gasteiger partial charge in [-0.25, -0.2) is 0 Å². The van der Waals surface area contributed by atoms with Crippen LogP contribution in [0.4, 0.5) is 0 Å². The van der Waals surface area contributed by atoms with E-state index in [9.17, 15) is 4.79 Å². The van der Waals surface area contributed by atoms with E-state index >= 15 is 0 Å². The van der Waals surface area contributed by atoms with Crippen LogP contribution in [0.5, 0.6) is 0 Å². The van der Waals surface area contributed by atoms with Crippen LogP contribution < -0.4 is 10.6 Å². The van der Waals surface area contributed by atoms with E-state index in [0.29, 0.717) is 10.6 Å². The Kier molecular flexibility index (Phi) is 4.61. The number of nitrogens with one attached hydrogen (secondary N) is 2. The second kappa shape index (κ2) is 6.21. The number of aryl methyl sites for hydroxylation is 1. The maximum absolute atomic E-state index is 12.2. The van der Waals surface area contributed by atoms with E-state index in [0.717, 1.165) is 31.5 Å². The average molecular weight is 267 g/mol. The van der Waals surface area contributed by atoms with Gasteiger partial charge in [-0.15, -0.1) is 0 Å². The molecule has 1 aromatic carbocycles. The van der Waals surface area contributed by atoms with Gasteiger partial charge in [-0.3, -0.25) is 4.79 Å². The molecule has 1 saturated heterocycles. The molecule has 0 aromatic heterocycles. The molecule has 0 saturated carbocycles. The smallest absolute Gasteiger partial charge is 0.251 e. The average Bonchev–Trinajstić information content (AvgIpc) is 2.57. The molecule has 4 heteroatoms. The normalized spacial score (nSPS) is 20.2. The van der Waals surface area contributed by atoms with Crippen molar-refractivity contribution < 1.29 is 4.79 Å². The maximum Gasteiger partial charge on any atom is 0.251 e. The zero-order valence-electron chi connectivity index (χ0n) is 10.6. The summed E-state index contributed by atoms with van der Waals surface area (Å²) in [7, 11) is 0. The van der Waals surface area contributed by atoms with Crippen LogP contribution in [0.3, 0.4) is 0 Å². The molecule has 0 aliphatic carbocycles. The Morgan fingerprint density at radius 2 is 2.28 bits per heavy atom. The van der Waals surface area contributed by atoms with Crippen molar-refractivity contribution >= 4 is 17.5 Å². The van der Waals surface area contributed by atoms with E-state index in [2.05, 4.69) is 10.6 Å². The lowest BCUT2D eigenvalue weighted by Gasteiger charge is -2.17. The van der Waals surface area contributed by atoms with Crippen molar-refractivity contribution in [2.75, 3.05) is 13.1 Å². The van der Waals surface area contributed by atoms with Crippen LogP contribution in [-0.4, -0.2) is 25.0 Å². The third kappa shape index (κ3) is 3.47. The Labute approximate surface area is 113 Å². The molecule has 2 rings (SSSR count). The molecule has 1 unspecified atom stereocenters. The summed E-state index contributed by atoms with van der Waals surface area (Å²) in [6, 6.07) is 5.60. The molecule has 18 heavy (non-hydrogen) atoms. The molecule has 0 bridgehead atoms. The molecular formula is C14H19ClN2O. The van der Waals surface area contributed by atoms with Crippen molar-refractivity contribution in [1.82, 2.24) is 10.6 Å². The lowest BCUT2D eigenvalue weighted by Crippen LogP contribution is -2.41. The number of hydrogen-bond acceptors (Lipinski definition) is 2. The highest BCUT2D eigenvalue weighted by atomic mass is 35.5. The molecule has 1 atom stereocenters. The van der Waals surface area contributed by atoms with Crippen molar-refractivity contribution in [3.8, 4) is 0 Å². The summed E-state index contributed by atoms with van der Waals surface area (Å²) in [5, 5.41) is 7.10. The molecule has 0 spiro atoms. The Bertz CT molecular complexity index is 426. The summed E-state index contributed by atoms with van der Waals surface area (Å²) in [5.41, 5.74) is 1.63. The predicted molar refractivity (Wildman–Crippen MR) is 74.2 cm³/mol. The van der Waals surface area contributed by atoms with Crippen LogP contribution >= 0.6 is 11.6 Å². The summed E-state index contributed by atoms with van der Waals surface area (Å²) in [6.07, 6.45) is 3.40. The van der Waals surface area contributed by atoms with Crippen molar-refractivity contribution in [2.24, 2.45) is 0 Å². The molecule has 0 radical (unpaired) electrons. The van der Waals surface area contributed by atoms with Crippen LogP contribution in [0, 0.1) is 6.92 Å². The van der Waals surface area contributed by atoms with Crippen LogP contribution in [0.2, 0.25) is 5.02 Å². The molecular weight excluding hydrogens is 248 g/mol. The number of benzene rings is 1. The van der Waals surface area contributed by atoms with E-state index < -0.39 is 0 Å². The summed E-state index contributed by atoms with van der Waals surface area (Å²) in [4.78, 5) is 12.2. The third-order valence-electron chi connectivity index (χ3n) is 3.32. The number of rotatable bonds is 2. The minimum Gasteiger partial charge on any atom is -0.348 e.